The van der Waals surface area contributed by atoms with Crippen LogP contribution in [-0.2, 0) is 0 Å². The summed E-state index contributed by atoms with van der Waals surface area (Å²) >= 11 is 1.14. The molecule has 1 rings (SSSR count). The Morgan fingerprint density at radius 2 is 2.38 bits per heavy atom. The van der Waals surface area contributed by atoms with Crippen LogP contribution < -0.4 is 11.0 Å². The highest BCUT2D eigenvalue weighted by atomic mass is 32.2. The van der Waals surface area contributed by atoms with Crippen LogP contribution >= 0.6 is 11.9 Å². The molecule has 44 valence electrons. The molecule has 1 aromatic rings. The Kier molecular flexibility index (Phi) is 1.45. The third-order valence-electron chi connectivity index (χ3n) is 0.861. The molecule has 3 nitrogen and oxygen atoms in total. The van der Waals surface area contributed by atoms with Crippen LogP contribution in [0.25, 0.3) is 0 Å². The standard InChI is InChI=1S/C4H7N3S/c5-7-3-1-2-4(7)8-6/h1-3H,5-6H2. The SMILES string of the molecule is NSc1cccn1N. The van der Waals surface area contributed by atoms with Crippen molar-refractivity contribution in [3.8, 4) is 0 Å². The van der Waals surface area contributed by atoms with Crippen LogP contribution in [-0.4, -0.2) is 4.68 Å². The Morgan fingerprint density at radius 3 is 2.62 bits per heavy atom. The van der Waals surface area contributed by atoms with Gasteiger partial charge < -0.3 is 5.84 Å². The fourth-order valence-corrected chi connectivity index (χ4v) is 0.817. The molecule has 4 heteroatoms. The van der Waals surface area contributed by atoms with E-state index in [0.29, 0.717) is 0 Å². The topological polar surface area (TPSA) is 57.0 Å². The molecule has 0 atom stereocenters. The van der Waals surface area contributed by atoms with Gasteiger partial charge in [-0.05, 0) is 24.1 Å². The molecule has 0 fully saturated rings. The van der Waals surface area contributed by atoms with Crippen LogP contribution in [0.4, 0.5) is 0 Å². The van der Waals surface area contributed by atoms with Gasteiger partial charge >= 0.3 is 0 Å². The maximum Gasteiger partial charge on any atom is 0.109 e. The van der Waals surface area contributed by atoms with Gasteiger partial charge in [-0.1, -0.05) is 0 Å². The Bertz CT molecular complexity index is 172. The van der Waals surface area contributed by atoms with Gasteiger partial charge in [-0.25, -0.2) is 0 Å². The van der Waals surface area contributed by atoms with Crippen LogP contribution in [0.3, 0.4) is 0 Å². The lowest BCUT2D eigenvalue weighted by molar-refractivity contribution is 0.904. The van der Waals surface area contributed by atoms with Crippen molar-refractivity contribution in [2.75, 3.05) is 5.84 Å². The van der Waals surface area contributed by atoms with E-state index in [1.165, 1.54) is 4.68 Å². The molecule has 0 saturated carbocycles. The van der Waals surface area contributed by atoms with Gasteiger partial charge in [-0.15, -0.1) is 0 Å². The van der Waals surface area contributed by atoms with E-state index in [-0.39, 0.29) is 0 Å². The molecule has 0 unspecified atom stereocenters. The Morgan fingerprint density at radius 1 is 1.62 bits per heavy atom. The minimum Gasteiger partial charge on any atom is -0.339 e. The van der Waals surface area contributed by atoms with Crippen LogP contribution in [0.2, 0.25) is 0 Å². The molecule has 4 N–H and O–H groups in total. The average Bonchev–Trinajstić information content (AvgIpc) is 2.14. The van der Waals surface area contributed by atoms with Crippen molar-refractivity contribution in [1.82, 2.24) is 4.68 Å². The molecule has 1 aromatic heterocycles. The summed E-state index contributed by atoms with van der Waals surface area (Å²) in [6.45, 7) is 0. The van der Waals surface area contributed by atoms with Crippen LogP contribution in [0.5, 0.6) is 0 Å². The molecular formula is C4H7N3S. The second-order valence-electron chi connectivity index (χ2n) is 1.37. The fourth-order valence-electron chi connectivity index (χ4n) is 0.478. The highest BCUT2D eigenvalue weighted by Gasteiger charge is 1.90. The minimum atomic E-state index is 0.866. The highest BCUT2D eigenvalue weighted by molar-refractivity contribution is 7.97. The summed E-state index contributed by atoms with van der Waals surface area (Å²) in [6.07, 6.45) is 1.75. The lowest BCUT2D eigenvalue weighted by atomic mass is 10.7. The quantitative estimate of drug-likeness (QED) is 0.419. The van der Waals surface area contributed by atoms with Crippen LogP contribution in [0.1, 0.15) is 0 Å². The summed E-state index contributed by atoms with van der Waals surface area (Å²) in [5.74, 6) is 5.37. The van der Waals surface area contributed by atoms with Gasteiger partial charge in [0.1, 0.15) is 5.03 Å². The molecule has 0 aliphatic heterocycles. The Balaban J connectivity index is 2.92. The number of rotatable bonds is 1. The predicted octanol–water partition coefficient (Wildman–Crippen LogP) is 0.168. The summed E-state index contributed by atoms with van der Waals surface area (Å²) in [5.41, 5.74) is 0. The smallest absolute Gasteiger partial charge is 0.109 e. The monoisotopic (exact) mass is 129 g/mol. The minimum absolute atomic E-state index is 0.866. The first-order valence-corrected chi connectivity index (χ1v) is 3.01. The number of nitrogen functional groups attached to an aromatic ring is 1. The molecule has 8 heavy (non-hydrogen) atoms. The lowest BCUT2D eigenvalue weighted by Crippen LogP contribution is -2.07. The van der Waals surface area contributed by atoms with Crippen molar-refractivity contribution >= 4 is 11.9 Å². The summed E-state index contributed by atoms with van der Waals surface area (Å²) in [4.78, 5) is 0. The molecule has 0 saturated heterocycles. The van der Waals surface area contributed by atoms with Crippen molar-refractivity contribution in [3.63, 3.8) is 0 Å². The third-order valence-corrected chi connectivity index (χ3v) is 1.45. The highest BCUT2D eigenvalue weighted by Crippen LogP contribution is 2.07. The van der Waals surface area contributed by atoms with Crippen molar-refractivity contribution in [2.45, 2.75) is 5.03 Å². The average molecular weight is 129 g/mol. The first-order chi connectivity index (χ1) is 3.84. The van der Waals surface area contributed by atoms with E-state index in [9.17, 15) is 0 Å². The first-order valence-electron chi connectivity index (χ1n) is 2.14. The first kappa shape index (κ1) is 5.53. The molecule has 0 amide bonds. The second-order valence-corrected chi connectivity index (χ2v) is 2.03. The van der Waals surface area contributed by atoms with Gasteiger partial charge in [-0.3, -0.25) is 9.82 Å². The van der Waals surface area contributed by atoms with E-state index in [1.807, 2.05) is 12.1 Å². The van der Waals surface area contributed by atoms with E-state index < -0.39 is 0 Å². The van der Waals surface area contributed by atoms with Gasteiger partial charge in [0.15, 0.2) is 0 Å². The summed E-state index contributed by atoms with van der Waals surface area (Å²) < 4.78 is 1.48. The van der Waals surface area contributed by atoms with Crippen LogP contribution in [0.15, 0.2) is 23.4 Å². The molecule has 0 radical (unpaired) electrons. The van der Waals surface area contributed by atoms with E-state index >= 15 is 0 Å². The molecular weight excluding hydrogens is 122 g/mol. The van der Waals surface area contributed by atoms with Crippen molar-refractivity contribution in [2.24, 2.45) is 5.14 Å². The lowest BCUT2D eigenvalue weighted by Gasteiger charge is -1.94. The molecule has 0 bridgehead atoms. The van der Waals surface area contributed by atoms with E-state index in [4.69, 9.17) is 11.0 Å². The largest absolute Gasteiger partial charge is 0.339 e. The summed E-state index contributed by atoms with van der Waals surface area (Å²) in [7, 11) is 0. The second kappa shape index (κ2) is 2.11. The maximum atomic E-state index is 5.37. The van der Waals surface area contributed by atoms with E-state index in [0.717, 1.165) is 17.0 Å². The molecule has 0 aromatic carbocycles. The maximum absolute atomic E-state index is 5.37. The van der Waals surface area contributed by atoms with Crippen LogP contribution in [0, 0.1) is 0 Å². The fraction of sp³-hybridized carbons (Fsp3) is 0. The number of hydrogen-bond acceptors (Lipinski definition) is 3. The zero-order valence-electron chi connectivity index (χ0n) is 4.24. The molecule has 0 spiro atoms. The Labute approximate surface area is 51.8 Å². The number of aromatic nitrogens is 1. The summed E-state index contributed by atoms with van der Waals surface area (Å²) in [5, 5.41) is 6.08. The number of nitrogens with zero attached hydrogens (tertiary/aromatic N) is 1. The van der Waals surface area contributed by atoms with Gasteiger partial charge in [0.05, 0.1) is 0 Å². The molecule has 0 aliphatic rings. The number of hydrogen-bond donors (Lipinski definition) is 2. The number of nitrogens with two attached hydrogens (primary N) is 2. The van der Waals surface area contributed by atoms with E-state index in [1.54, 1.807) is 6.20 Å². The zero-order valence-corrected chi connectivity index (χ0v) is 5.06. The molecule has 1 heterocycles. The molecule has 0 aliphatic carbocycles. The normalized spacial score (nSPS) is 9.62. The van der Waals surface area contributed by atoms with Gasteiger partial charge in [0, 0.05) is 6.20 Å². The van der Waals surface area contributed by atoms with Gasteiger partial charge in [0.25, 0.3) is 0 Å². The van der Waals surface area contributed by atoms with E-state index in [2.05, 4.69) is 0 Å². The predicted molar refractivity (Wildman–Crippen MR) is 34.6 cm³/mol. The van der Waals surface area contributed by atoms with Crippen molar-refractivity contribution < 1.29 is 0 Å². The zero-order chi connectivity index (χ0) is 5.98. The van der Waals surface area contributed by atoms with Crippen molar-refractivity contribution in [3.05, 3.63) is 18.3 Å². The van der Waals surface area contributed by atoms with Gasteiger partial charge in [0.2, 0.25) is 0 Å². The van der Waals surface area contributed by atoms with Crippen molar-refractivity contribution in [1.29, 1.82) is 0 Å². The third kappa shape index (κ3) is 0.801. The Hall–Kier alpha value is -0.610. The van der Waals surface area contributed by atoms with Gasteiger partial charge in [-0.2, -0.15) is 0 Å². The summed E-state index contributed by atoms with van der Waals surface area (Å²) in [6, 6.07) is 3.69.